The molecule has 0 amide bonds. The second-order valence-electron chi connectivity index (χ2n) is 4.97. The van der Waals surface area contributed by atoms with E-state index in [1.807, 2.05) is 25.3 Å². The predicted molar refractivity (Wildman–Crippen MR) is 75.1 cm³/mol. The Morgan fingerprint density at radius 3 is 2.67 bits per heavy atom. The maximum atomic E-state index is 5.61. The molecule has 18 heavy (non-hydrogen) atoms. The summed E-state index contributed by atoms with van der Waals surface area (Å²) in [5.74, 6) is 1.78. The van der Waals surface area contributed by atoms with Crippen LogP contribution < -0.4 is 10.1 Å². The van der Waals surface area contributed by atoms with Gasteiger partial charge in [0.05, 0.1) is 6.61 Å². The smallest absolute Gasteiger partial charge is 0.168 e. The van der Waals surface area contributed by atoms with E-state index in [-0.39, 0.29) is 0 Å². The van der Waals surface area contributed by atoms with Crippen molar-refractivity contribution < 1.29 is 4.74 Å². The van der Waals surface area contributed by atoms with Gasteiger partial charge < -0.3 is 10.1 Å². The van der Waals surface area contributed by atoms with Gasteiger partial charge in [0.25, 0.3) is 0 Å². The summed E-state index contributed by atoms with van der Waals surface area (Å²) in [6.45, 7) is 2.69. The molecule has 0 unspecified atom stereocenters. The number of anilines is 1. The fourth-order valence-corrected chi connectivity index (χ4v) is 2.56. The lowest BCUT2D eigenvalue weighted by Gasteiger charge is -2.22. The first-order valence-electron chi connectivity index (χ1n) is 7.24. The Hall–Kier alpha value is -1.25. The molecular formula is C15H24N2O. The second kappa shape index (κ2) is 7.24. The van der Waals surface area contributed by atoms with Crippen LogP contribution in [0.3, 0.4) is 0 Å². The molecule has 1 aliphatic rings. The van der Waals surface area contributed by atoms with Crippen molar-refractivity contribution in [3.63, 3.8) is 0 Å². The van der Waals surface area contributed by atoms with Gasteiger partial charge in [-0.25, -0.2) is 4.98 Å². The summed E-state index contributed by atoms with van der Waals surface area (Å²) in [5, 5.41) is 3.57. The molecule has 0 spiro atoms. The third-order valence-corrected chi connectivity index (χ3v) is 3.52. The zero-order chi connectivity index (χ0) is 12.6. The largest absolute Gasteiger partial charge is 0.490 e. The Labute approximate surface area is 110 Å². The number of nitrogens with zero attached hydrogens (tertiary/aromatic N) is 1. The number of hydrogen-bond donors (Lipinski definition) is 1. The van der Waals surface area contributed by atoms with E-state index in [0.717, 1.165) is 11.6 Å². The lowest BCUT2D eigenvalue weighted by Crippen LogP contribution is -2.21. The van der Waals surface area contributed by atoms with Crippen LogP contribution in [0.5, 0.6) is 5.75 Å². The van der Waals surface area contributed by atoms with Crippen LogP contribution in [0.1, 0.15) is 51.9 Å². The molecule has 1 saturated carbocycles. The molecule has 0 aliphatic heterocycles. The summed E-state index contributed by atoms with van der Waals surface area (Å²) < 4.78 is 5.61. The van der Waals surface area contributed by atoms with Crippen LogP contribution in [0.25, 0.3) is 0 Å². The summed E-state index contributed by atoms with van der Waals surface area (Å²) in [6.07, 6.45) is 11.1. The van der Waals surface area contributed by atoms with Crippen molar-refractivity contribution >= 4 is 5.82 Å². The van der Waals surface area contributed by atoms with Gasteiger partial charge in [0.1, 0.15) is 0 Å². The molecule has 3 nitrogen and oxygen atoms in total. The van der Waals surface area contributed by atoms with Crippen molar-refractivity contribution in [1.29, 1.82) is 0 Å². The summed E-state index contributed by atoms with van der Waals surface area (Å²) >= 11 is 0. The molecule has 100 valence electrons. The lowest BCUT2D eigenvalue weighted by atomic mass is 9.97. The van der Waals surface area contributed by atoms with E-state index >= 15 is 0 Å². The molecule has 2 rings (SSSR count). The number of rotatable bonds is 4. The molecule has 3 heteroatoms. The number of nitrogens with one attached hydrogen (secondary N) is 1. The van der Waals surface area contributed by atoms with Gasteiger partial charge in [0.2, 0.25) is 0 Å². The highest BCUT2D eigenvalue weighted by atomic mass is 16.5. The molecule has 1 aromatic heterocycles. The van der Waals surface area contributed by atoms with E-state index in [9.17, 15) is 0 Å². The molecule has 1 heterocycles. The van der Waals surface area contributed by atoms with Gasteiger partial charge in [0.15, 0.2) is 11.6 Å². The highest BCUT2D eigenvalue weighted by molar-refractivity contribution is 5.50. The number of hydrogen-bond acceptors (Lipinski definition) is 3. The van der Waals surface area contributed by atoms with E-state index in [4.69, 9.17) is 4.74 Å². The minimum Gasteiger partial charge on any atom is -0.490 e. The summed E-state index contributed by atoms with van der Waals surface area (Å²) in [7, 11) is 0. The van der Waals surface area contributed by atoms with Gasteiger partial charge in [-0.1, -0.05) is 32.1 Å². The number of ether oxygens (including phenoxy) is 1. The van der Waals surface area contributed by atoms with Gasteiger partial charge in [-0.15, -0.1) is 0 Å². The third kappa shape index (κ3) is 3.90. The van der Waals surface area contributed by atoms with E-state index < -0.39 is 0 Å². The average molecular weight is 248 g/mol. The minimum absolute atomic E-state index is 0.555. The van der Waals surface area contributed by atoms with Crippen LogP contribution in [-0.4, -0.2) is 17.6 Å². The monoisotopic (exact) mass is 248 g/mol. The van der Waals surface area contributed by atoms with Crippen molar-refractivity contribution in [3.05, 3.63) is 18.3 Å². The molecule has 0 saturated heterocycles. The van der Waals surface area contributed by atoms with E-state index in [0.29, 0.717) is 12.6 Å². The van der Waals surface area contributed by atoms with Crippen molar-refractivity contribution in [2.75, 3.05) is 11.9 Å². The zero-order valence-electron chi connectivity index (χ0n) is 11.3. The predicted octanol–water partition coefficient (Wildman–Crippen LogP) is 4.01. The Bertz CT molecular complexity index is 346. The highest BCUT2D eigenvalue weighted by Crippen LogP contribution is 2.25. The maximum Gasteiger partial charge on any atom is 0.168 e. The molecule has 1 aliphatic carbocycles. The van der Waals surface area contributed by atoms with Crippen molar-refractivity contribution in [2.45, 2.75) is 57.9 Å². The van der Waals surface area contributed by atoms with Crippen LogP contribution in [0.4, 0.5) is 5.82 Å². The summed E-state index contributed by atoms with van der Waals surface area (Å²) in [6, 6.07) is 4.47. The van der Waals surface area contributed by atoms with Crippen molar-refractivity contribution in [2.24, 2.45) is 0 Å². The first kappa shape index (κ1) is 13.2. The third-order valence-electron chi connectivity index (χ3n) is 3.52. The fraction of sp³-hybridized carbons (Fsp3) is 0.667. The first-order chi connectivity index (χ1) is 8.90. The highest BCUT2D eigenvalue weighted by Gasteiger charge is 2.13. The van der Waals surface area contributed by atoms with Gasteiger partial charge in [-0.3, -0.25) is 0 Å². The standard InChI is InChI=1S/C15H24N2O/c1-2-18-14-11-8-12-16-15(14)17-13-9-6-4-3-5-7-10-13/h8,11-13H,2-7,9-10H2,1H3,(H,16,17). The van der Waals surface area contributed by atoms with Gasteiger partial charge in [-0.05, 0) is 31.9 Å². The van der Waals surface area contributed by atoms with Gasteiger partial charge in [0, 0.05) is 12.2 Å². The molecular weight excluding hydrogens is 224 g/mol. The van der Waals surface area contributed by atoms with E-state index in [2.05, 4.69) is 10.3 Å². The topological polar surface area (TPSA) is 34.1 Å². The van der Waals surface area contributed by atoms with Crippen LogP contribution >= 0.6 is 0 Å². The SMILES string of the molecule is CCOc1cccnc1NC1CCCCCCC1. The Kier molecular flexibility index (Phi) is 5.31. The molecule has 0 radical (unpaired) electrons. The molecule has 1 fully saturated rings. The first-order valence-corrected chi connectivity index (χ1v) is 7.24. The molecule has 0 atom stereocenters. The number of pyridine rings is 1. The van der Waals surface area contributed by atoms with Crippen LogP contribution in [0.2, 0.25) is 0 Å². The molecule has 1 N–H and O–H groups in total. The van der Waals surface area contributed by atoms with Crippen molar-refractivity contribution in [3.8, 4) is 5.75 Å². The van der Waals surface area contributed by atoms with Crippen LogP contribution in [0.15, 0.2) is 18.3 Å². The Morgan fingerprint density at radius 2 is 1.94 bits per heavy atom. The number of aromatic nitrogens is 1. The van der Waals surface area contributed by atoms with Gasteiger partial charge in [-0.2, -0.15) is 0 Å². The van der Waals surface area contributed by atoms with Crippen molar-refractivity contribution in [1.82, 2.24) is 4.98 Å². The van der Waals surface area contributed by atoms with E-state index in [1.165, 1.54) is 44.9 Å². The molecule has 1 aromatic rings. The maximum absolute atomic E-state index is 5.61. The quantitative estimate of drug-likeness (QED) is 0.874. The average Bonchev–Trinajstić information content (AvgIpc) is 2.35. The van der Waals surface area contributed by atoms with Gasteiger partial charge >= 0.3 is 0 Å². The molecule has 0 aromatic carbocycles. The second-order valence-corrected chi connectivity index (χ2v) is 4.97. The summed E-state index contributed by atoms with van der Waals surface area (Å²) in [4.78, 5) is 4.41. The van der Waals surface area contributed by atoms with Crippen LogP contribution in [-0.2, 0) is 0 Å². The Balaban J connectivity index is 1.98. The van der Waals surface area contributed by atoms with E-state index in [1.54, 1.807) is 0 Å². The molecule has 0 bridgehead atoms. The summed E-state index contributed by atoms with van der Waals surface area (Å²) in [5.41, 5.74) is 0. The zero-order valence-corrected chi connectivity index (χ0v) is 11.3. The lowest BCUT2D eigenvalue weighted by molar-refractivity contribution is 0.339. The fourth-order valence-electron chi connectivity index (χ4n) is 2.56. The Morgan fingerprint density at radius 1 is 1.22 bits per heavy atom. The van der Waals surface area contributed by atoms with Crippen LogP contribution in [0, 0.1) is 0 Å². The minimum atomic E-state index is 0.555. The normalized spacial score (nSPS) is 17.8.